The second-order valence-corrected chi connectivity index (χ2v) is 4.29. The van der Waals surface area contributed by atoms with E-state index in [2.05, 4.69) is 46.8 Å². The fraction of sp³-hybridized carbons (Fsp3) is 0.714. The Bertz CT molecular complexity index is 240. The van der Waals surface area contributed by atoms with Gasteiger partial charge in [-0.1, -0.05) is 20.8 Å². The molecule has 0 saturated carbocycles. The highest BCUT2D eigenvalue weighted by Crippen LogP contribution is 2.19. The normalized spacial score (nSPS) is 12.1. The predicted octanol–water partition coefficient (Wildman–Crippen LogP) is 1.88. The van der Waals surface area contributed by atoms with Crippen LogP contribution in [0.3, 0.4) is 0 Å². The van der Waals surface area contributed by atoms with Crippen molar-refractivity contribution in [1.29, 1.82) is 0 Å². The van der Waals surface area contributed by atoms with Gasteiger partial charge in [0, 0.05) is 12.5 Å². The largest absolute Gasteiger partial charge is 0.243 e. The fourth-order valence-corrected chi connectivity index (χ4v) is 0.930. The molecule has 0 aliphatic heterocycles. The molecule has 3 nitrogen and oxygen atoms in total. The van der Waals surface area contributed by atoms with Crippen molar-refractivity contribution in [2.45, 2.75) is 26.2 Å². The number of aromatic nitrogens is 3. The van der Waals surface area contributed by atoms with Crippen LogP contribution >= 0.6 is 15.9 Å². The van der Waals surface area contributed by atoms with Crippen LogP contribution in [0, 0.1) is 0 Å². The van der Waals surface area contributed by atoms with E-state index in [4.69, 9.17) is 0 Å². The summed E-state index contributed by atoms with van der Waals surface area (Å²) in [5.74, 6) is 0.867. The Morgan fingerprint density at radius 2 is 1.91 bits per heavy atom. The van der Waals surface area contributed by atoms with Gasteiger partial charge in [0.1, 0.15) is 0 Å². The monoisotopic (exact) mass is 217 g/mol. The lowest BCUT2D eigenvalue weighted by molar-refractivity contribution is 0.538. The topological polar surface area (TPSA) is 30.7 Å². The molecule has 0 saturated heterocycles. The molecule has 0 spiro atoms. The molecule has 0 fully saturated rings. The molecule has 0 N–H and O–H groups in total. The summed E-state index contributed by atoms with van der Waals surface area (Å²) < 4.78 is 2.50. The highest BCUT2D eigenvalue weighted by molar-refractivity contribution is 9.10. The van der Waals surface area contributed by atoms with Crippen LogP contribution in [-0.4, -0.2) is 14.8 Å². The maximum Gasteiger partial charge on any atom is 0.195 e. The maximum absolute atomic E-state index is 4.25. The first kappa shape index (κ1) is 8.71. The number of hydrogen-bond acceptors (Lipinski definition) is 2. The molecule has 1 rings (SSSR count). The summed E-state index contributed by atoms with van der Waals surface area (Å²) in [4.78, 5) is 4.25. The van der Waals surface area contributed by atoms with Crippen LogP contribution in [0.2, 0.25) is 0 Å². The van der Waals surface area contributed by atoms with Crippen molar-refractivity contribution in [2.24, 2.45) is 7.05 Å². The second-order valence-electron chi connectivity index (χ2n) is 3.58. The zero-order valence-electron chi connectivity index (χ0n) is 7.22. The van der Waals surface area contributed by atoms with E-state index in [1.54, 1.807) is 4.68 Å². The van der Waals surface area contributed by atoms with Gasteiger partial charge in [0.05, 0.1) is 0 Å². The third kappa shape index (κ3) is 1.80. The quantitative estimate of drug-likeness (QED) is 0.665. The van der Waals surface area contributed by atoms with E-state index < -0.39 is 0 Å². The summed E-state index contributed by atoms with van der Waals surface area (Å²) in [6, 6.07) is 0. The van der Waals surface area contributed by atoms with Crippen molar-refractivity contribution in [1.82, 2.24) is 14.8 Å². The summed E-state index contributed by atoms with van der Waals surface area (Å²) in [5.41, 5.74) is 0.0315. The minimum Gasteiger partial charge on any atom is -0.243 e. The molecule has 0 aliphatic rings. The molecule has 4 heteroatoms. The minimum atomic E-state index is 0.0315. The first-order valence-electron chi connectivity index (χ1n) is 3.48. The Kier molecular flexibility index (Phi) is 2.05. The average Bonchev–Trinajstić information content (AvgIpc) is 2.11. The van der Waals surface area contributed by atoms with Gasteiger partial charge in [-0.2, -0.15) is 5.10 Å². The van der Waals surface area contributed by atoms with Gasteiger partial charge in [0.2, 0.25) is 0 Å². The van der Waals surface area contributed by atoms with Crippen molar-refractivity contribution in [3.63, 3.8) is 0 Å². The molecule has 1 aromatic heterocycles. The number of rotatable bonds is 0. The Morgan fingerprint density at radius 1 is 1.36 bits per heavy atom. The Balaban J connectivity index is 3.08. The predicted molar refractivity (Wildman–Crippen MR) is 47.4 cm³/mol. The number of halogens is 1. The van der Waals surface area contributed by atoms with E-state index in [1.807, 2.05) is 7.05 Å². The van der Waals surface area contributed by atoms with Crippen LogP contribution in [0.25, 0.3) is 0 Å². The minimum absolute atomic E-state index is 0.0315. The highest BCUT2D eigenvalue weighted by atomic mass is 79.9. The third-order valence-corrected chi connectivity index (χ3v) is 2.07. The van der Waals surface area contributed by atoms with Crippen LogP contribution < -0.4 is 0 Å². The van der Waals surface area contributed by atoms with Crippen LogP contribution in [0.5, 0.6) is 0 Å². The average molecular weight is 218 g/mol. The standard InChI is InChI=1S/C7H12BrN3/c1-7(2,3)5-9-6(8)11(4)10-5/h1-4H3. The highest BCUT2D eigenvalue weighted by Gasteiger charge is 2.19. The van der Waals surface area contributed by atoms with Crippen LogP contribution in [0.15, 0.2) is 4.73 Å². The SMILES string of the molecule is Cn1nc(C(C)(C)C)nc1Br. The third-order valence-electron chi connectivity index (χ3n) is 1.38. The molecule has 1 heterocycles. The van der Waals surface area contributed by atoms with Gasteiger partial charge >= 0.3 is 0 Å². The van der Waals surface area contributed by atoms with Crippen molar-refractivity contribution < 1.29 is 0 Å². The molecule has 0 atom stereocenters. The summed E-state index contributed by atoms with van der Waals surface area (Å²) in [6.45, 7) is 6.28. The molecule has 0 aromatic carbocycles. The van der Waals surface area contributed by atoms with Gasteiger partial charge in [-0.25, -0.2) is 9.67 Å². The molecular weight excluding hydrogens is 206 g/mol. The number of nitrogens with zero attached hydrogens (tertiary/aromatic N) is 3. The van der Waals surface area contributed by atoms with Crippen molar-refractivity contribution in [2.75, 3.05) is 0 Å². The first-order valence-corrected chi connectivity index (χ1v) is 4.27. The summed E-state index contributed by atoms with van der Waals surface area (Å²) in [6.07, 6.45) is 0. The first-order chi connectivity index (χ1) is 4.91. The molecule has 0 unspecified atom stereocenters. The Morgan fingerprint density at radius 3 is 2.09 bits per heavy atom. The molecule has 1 aromatic rings. The lowest BCUT2D eigenvalue weighted by atomic mass is 9.96. The maximum atomic E-state index is 4.25. The van der Waals surface area contributed by atoms with Crippen LogP contribution in [0.1, 0.15) is 26.6 Å². The lowest BCUT2D eigenvalue weighted by Crippen LogP contribution is -2.13. The van der Waals surface area contributed by atoms with Gasteiger partial charge < -0.3 is 0 Å². The molecule has 11 heavy (non-hydrogen) atoms. The molecular formula is C7H12BrN3. The smallest absolute Gasteiger partial charge is 0.195 e. The second kappa shape index (κ2) is 2.59. The van der Waals surface area contributed by atoms with Gasteiger partial charge in [-0.05, 0) is 15.9 Å². The fourth-order valence-electron chi connectivity index (χ4n) is 0.683. The Labute approximate surface area is 75.0 Å². The van der Waals surface area contributed by atoms with Gasteiger partial charge in [-0.3, -0.25) is 0 Å². The lowest BCUT2D eigenvalue weighted by Gasteiger charge is -2.11. The molecule has 0 aliphatic carbocycles. The zero-order valence-corrected chi connectivity index (χ0v) is 8.81. The van der Waals surface area contributed by atoms with Crippen LogP contribution in [-0.2, 0) is 12.5 Å². The molecule has 0 bridgehead atoms. The van der Waals surface area contributed by atoms with Gasteiger partial charge in [0.15, 0.2) is 10.6 Å². The summed E-state index contributed by atoms with van der Waals surface area (Å²) in [7, 11) is 1.87. The van der Waals surface area contributed by atoms with E-state index in [0.29, 0.717) is 0 Å². The van der Waals surface area contributed by atoms with Crippen molar-refractivity contribution in [3.8, 4) is 0 Å². The molecule has 62 valence electrons. The summed E-state index contributed by atoms with van der Waals surface area (Å²) >= 11 is 3.30. The summed E-state index contributed by atoms with van der Waals surface area (Å²) in [5, 5.41) is 4.24. The van der Waals surface area contributed by atoms with Crippen molar-refractivity contribution >= 4 is 15.9 Å². The zero-order chi connectivity index (χ0) is 8.65. The van der Waals surface area contributed by atoms with E-state index in [9.17, 15) is 0 Å². The molecule has 0 amide bonds. The molecule has 0 radical (unpaired) electrons. The van der Waals surface area contributed by atoms with E-state index in [0.717, 1.165) is 10.6 Å². The van der Waals surface area contributed by atoms with Gasteiger partial charge in [0.25, 0.3) is 0 Å². The van der Waals surface area contributed by atoms with E-state index in [-0.39, 0.29) is 5.41 Å². The van der Waals surface area contributed by atoms with Crippen LogP contribution in [0.4, 0.5) is 0 Å². The van der Waals surface area contributed by atoms with E-state index >= 15 is 0 Å². The number of aryl methyl sites for hydroxylation is 1. The number of hydrogen-bond donors (Lipinski definition) is 0. The van der Waals surface area contributed by atoms with Crippen molar-refractivity contribution in [3.05, 3.63) is 10.6 Å². The van der Waals surface area contributed by atoms with Gasteiger partial charge in [-0.15, -0.1) is 0 Å². The Hall–Kier alpha value is -0.380. The van der Waals surface area contributed by atoms with E-state index in [1.165, 1.54) is 0 Å².